The van der Waals surface area contributed by atoms with E-state index in [-0.39, 0.29) is 23.4 Å². The number of methoxy groups -OCH3 is 1. The summed E-state index contributed by atoms with van der Waals surface area (Å²) >= 11 is 5.93. The SMILES string of the molecule is COc1ccc(CNC(=O)c2cc(Cl)nc(N(C)C)c2)cc1F. The predicted molar refractivity (Wildman–Crippen MR) is 87.7 cm³/mol. The summed E-state index contributed by atoms with van der Waals surface area (Å²) in [5, 5.41) is 2.96. The van der Waals surface area contributed by atoms with Gasteiger partial charge in [0.2, 0.25) is 0 Å². The van der Waals surface area contributed by atoms with E-state index in [1.54, 1.807) is 31.1 Å². The molecule has 2 rings (SSSR count). The van der Waals surface area contributed by atoms with Crippen molar-refractivity contribution >= 4 is 23.3 Å². The molecule has 0 aliphatic heterocycles. The summed E-state index contributed by atoms with van der Waals surface area (Å²) in [7, 11) is 5.01. The molecule has 122 valence electrons. The van der Waals surface area contributed by atoms with E-state index < -0.39 is 5.82 Å². The number of hydrogen-bond donors (Lipinski definition) is 1. The van der Waals surface area contributed by atoms with Gasteiger partial charge in [0.25, 0.3) is 5.91 Å². The molecule has 1 amide bonds. The molecule has 0 saturated carbocycles. The lowest BCUT2D eigenvalue weighted by Crippen LogP contribution is -2.23. The van der Waals surface area contributed by atoms with Crippen LogP contribution in [0.2, 0.25) is 5.15 Å². The predicted octanol–water partition coefficient (Wildman–Crippen LogP) is 2.88. The van der Waals surface area contributed by atoms with Crippen molar-refractivity contribution in [3.8, 4) is 5.75 Å². The molecule has 1 aromatic heterocycles. The first-order chi connectivity index (χ1) is 10.9. The number of nitrogens with zero attached hydrogens (tertiary/aromatic N) is 2. The van der Waals surface area contributed by atoms with E-state index >= 15 is 0 Å². The quantitative estimate of drug-likeness (QED) is 0.852. The van der Waals surface area contributed by atoms with Crippen molar-refractivity contribution in [2.24, 2.45) is 0 Å². The minimum Gasteiger partial charge on any atom is -0.494 e. The van der Waals surface area contributed by atoms with Gasteiger partial charge in [0, 0.05) is 26.2 Å². The molecule has 1 aromatic carbocycles. The molecule has 2 aromatic rings. The molecule has 0 aliphatic rings. The number of ether oxygens (including phenoxy) is 1. The zero-order valence-corrected chi connectivity index (χ0v) is 13.8. The van der Waals surface area contributed by atoms with Crippen molar-refractivity contribution in [3.63, 3.8) is 0 Å². The molecule has 23 heavy (non-hydrogen) atoms. The van der Waals surface area contributed by atoms with Crippen LogP contribution in [0.15, 0.2) is 30.3 Å². The van der Waals surface area contributed by atoms with E-state index in [1.165, 1.54) is 25.3 Å². The normalized spacial score (nSPS) is 10.3. The summed E-state index contributed by atoms with van der Waals surface area (Å²) in [5.74, 6) is -0.0375. The maximum Gasteiger partial charge on any atom is 0.251 e. The number of aromatic nitrogens is 1. The zero-order valence-electron chi connectivity index (χ0n) is 13.1. The average Bonchev–Trinajstić information content (AvgIpc) is 2.52. The van der Waals surface area contributed by atoms with Gasteiger partial charge in [-0.3, -0.25) is 4.79 Å². The van der Waals surface area contributed by atoms with E-state index in [1.807, 2.05) is 0 Å². The van der Waals surface area contributed by atoms with E-state index in [0.29, 0.717) is 16.9 Å². The number of halogens is 2. The summed E-state index contributed by atoms with van der Waals surface area (Å²) in [6.07, 6.45) is 0. The molecule has 0 atom stereocenters. The van der Waals surface area contributed by atoms with Gasteiger partial charge in [0.1, 0.15) is 11.0 Å². The number of nitrogens with one attached hydrogen (secondary N) is 1. The van der Waals surface area contributed by atoms with Crippen molar-refractivity contribution in [2.45, 2.75) is 6.54 Å². The second-order valence-corrected chi connectivity index (χ2v) is 5.47. The fourth-order valence-corrected chi connectivity index (χ4v) is 2.15. The Kier molecular flexibility index (Phi) is 5.39. The summed E-state index contributed by atoms with van der Waals surface area (Å²) < 4.78 is 18.5. The highest BCUT2D eigenvalue weighted by atomic mass is 35.5. The van der Waals surface area contributed by atoms with Gasteiger partial charge in [0.15, 0.2) is 11.6 Å². The Bertz CT molecular complexity index is 722. The fourth-order valence-electron chi connectivity index (χ4n) is 1.95. The third-order valence-corrected chi connectivity index (χ3v) is 3.36. The molecule has 0 radical (unpaired) electrons. The topological polar surface area (TPSA) is 54.5 Å². The van der Waals surface area contributed by atoms with Gasteiger partial charge in [0.05, 0.1) is 7.11 Å². The van der Waals surface area contributed by atoms with Crippen LogP contribution in [0, 0.1) is 5.82 Å². The maximum absolute atomic E-state index is 13.6. The Balaban J connectivity index is 2.09. The number of carbonyl (C=O) groups is 1. The van der Waals surface area contributed by atoms with Gasteiger partial charge in [-0.15, -0.1) is 0 Å². The number of carbonyl (C=O) groups excluding carboxylic acids is 1. The first-order valence-corrected chi connectivity index (χ1v) is 7.24. The number of anilines is 1. The van der Waals surface area contributed by atoms with Crippen LogP contribution in [0.1, 0.15) is 15.9 Å². The van der Waals surface area contributed by atoms with Crippen LogP contribution in [0.3, 0.4) is 0 Å². The van der Waals surface area contributed by atoms with E-state index in [0.717, 1.165) is 0 Å². The molecule has 1 heterocycles. The Labute approximate surface area is 139 Å². The molecule has 0 aliphatic carbocycles. The molecule has 0 bridgehead atoms. The van der Waals surface area contributed by atoms with Crippen LogP contribution < -0.4 is 15.0 Å². The molecule has 7 heteroatoms. The van der Waals surface area contributed by atoms with Gasteiger partial charge >= 0.3 is 0 Å². The first-order valence-electron chi connectivity index (χ1n) is 6.86. The van der Waals surface area contributed by atoms with Crippen LogP contribution in [0.5, 0.6) is 5.75 Å². The first kappa shape index (κ1) is 17.0. The lowest BCUT2D eigenvalue weighted by molar-refractivity contribution is 0.0951. The fraction of sp³-hybridized carbons (Fsp3) is 0.250. The van der Waals surface area contributed by atoms with Crippen molar-refractivity contribution < 1.29 is 13.9 Å². The zero-order chi connectivity index (χ0) is 17.0. The number of benzene rings is 1. The Morgan fingerprint density at radius 2 is 2.09 bits per heavy atom. The summed E-state index contributed by atoms with van der Waals surface area (Å²) in [5.41, 5.74) is 1.02. The Morgan fingerprint density at radius 3 is 2.70 bits per heavy atom. The minimum atomic E-state index is -0.471. The summed E-state index contributed by atoms with van der Waals surface area (Å²) in [6.45, 7) is 0.191. The lowest BCUT2D eigenvalue weighted by Gasteiger charge is -2.13. The highest BCUT2D eigenvalue weighted by Gasteiger charge is 2.11. The standard InChI is InChI=1S/C16H17ClFN3O2/c1-21(2)15-8-11(7-14(17)20-15)16(22)19-9-10-4-5-13(23-3)12(18)6-10/h4-8H,9H2,1-3H3,(H,19,22). The van der Waals surface area contributed by atoms with Gasteiger partial charge < -0.3 is 15.0 Å². The van der Waals surface area contributed by atoms with Crippen LogP contribution >= 0.6 is 11.6 Å². The number of amides is 1. The van der Waals surface area contributed by atoms with Crippen molar-refractivity contribution in [1.29, 1.82) is 0 Å². The van der Waals surface area contributed by atoms with Crippen LogP contribution in [-0.4, -0.2) is 32.1 Å². The van der Waals surface area contributed by atoms with Crippen molar-refractivity contribution in [3.05, 3.63) is 52.4 Å². The second kappa shape index (κ2) is 7.28. The second-order valence-electron chi connectivity index (χ2n) is 5.08. The molecular weight excluding hydrogens is 321 g/mol. The van der Waals surface area contributed by atoms with Crippen LogP contribution in [0.4, 0.5) is 10.2 Å². The highest BCUT2D eigenvalue weighted by Crippen LogP contribution is 2.18. The smallest absolute Gasteiger partial charge is 0.251 e. The molecule has 0 spiro atoms. The van der Waals surface area contributed by atoms with Crippen molar-refractivity contribution in [1.82, 2.24) is 10.3 Å². The lowest BCUT2D eigenvalue weighted by atomic mass is 10.2. The van der Waals surface area contributed by atoms with Gasteiger partial charge in [-0.1, -0.05) is 17.7 Å². The molecule has 0 saturated heterocycles. The van der Waals surface area contributed by atoms with Gasteiger partial charge in [-0.05, 0) is 29.8 Å². The molecule has 1 N–H and O–H groups in total. The van der Waals surface area contributed by atoms with E-state index in [2.05, 4.69) is 10.3 Å². The maximum atomic E-state index is 13.6. The Hall–Kier alpha value is -2.34. The average molecular weight is 338 g/mol. The minimum absolute atomic E-state index is 0.164. The van der Waals surface area contributed by atoms with Crippen LogP contribution in [0.25, 0.3) is 0 Å². The number of hydrogen-bond acceptors (Lipinski definition) is 4. The highest BCUT2D eigenvalue weighted by molar-refractivity contribution is 6.29. The third-order valence-electron chi connectivity index (χ3n) is 3.17. The number of pyridine rings is 1. The molecular formula is C16H17ClFN3O2. The molecule has 0 unspecified atom stereocenters. The monoisotopic (exact) mass is 337 g/mol. The van der Waals surface area contributed by atoms with Crippen molar-refractivity contribution in [2.75, 3.05) is 26.1 Å². The number of rotatable bonds is 5. The van der Waals surface area contributed by atoms with E-state index in [4.69, 9.17) is 16.3 Å². The van der Waals surface area contributed by atoms with Gasteiger partial charge in [-0.25, -0.2) is 9.37 Å². The summed E-state index contributed by atoms with van der Waals surface area (Å²) in [6, 6.07) is 7.65. The molecule has 5 nitrogen and oxygen atoms in total. The van der Waals surface area contributed by atoms with E-state index in [9.17, 15) is 9.18 Å². The van der Waals surface area contributed by atoms with Crippen LogP contribution in [-0.2, 0) is 6.54 Å². The summed E-state index contributed by atoms with van der Waals surface area (Å²) in [4.78, 5) is 18.1. The molecule has 0 fully saturated rings. The Morgan fingerprint density at radius 1 is 1.35 bits per heavy atom. The third kappa shape index (κ3) is 4.32. The van der Waals surface area contributed by atoms with Gasteiger partial charge in [-0.2, -0.15) is 0 Å². The largest absolute Gasteiger partial charge is 0.494 e.